The Labute approximate surface area is 130 Å². The van der Waals surface area contributed by atoms with Crippen LogP contribution in [0.5, 0.6) is 0 Å². The smallest absolute Gasteiger partial charge is 0.188 e. The first-order chi connectivity index (χ1) is 10.2. The van der Waals surface area contributed by atoms with Crippen LogP contribution in [0.3, 0.4) is 0 Å². The van der Waals surface area contributed by atoms with Crippen molar-refractivity contribution >= 4 is 5.96 Å². The maximum atomic E-state index is 6.03. The summed E-state index contributed by atoms with van der Waals surface area (Å²) in [7, 11) is 0. The lowest BCUT2D eigenvalue weighted by molar-refractivity contribution is 0.166. The van der Waals surface area contributed by atoms with Crippen LogP contribution in [0.4, 0.5) is 0 Å². The van der Waals surface area contributed by atoms with E-state index in [1.54, 1.807) is 0 Å². The molecular weight excluding hydrogens is 260 g/mol. The number of likely N-dealkylation sites (tertiary alicyclic amines) is 1. The molecule has 2 fully saturated rings. The van der Waals surface area contributed by atoms with Crippen LogP contribution in [-0.4, -0.2) is 43.1 Å². The number of nitrogens with one attached hydrogen (secondary N) is 1. The molecule has 21 heavy (non-hydrogen) atoms. The Balaban J connectivity index is 1.79. The van der Waals surface area contributed by atoms with Gasteiger partial charge in [-0.3, -0.25) is 9.89 Å². The third kappa shape index (κ3) is 5.50. The summed E-state index contributed by atoms with van der Waals surface area (Å²) < 4.78 is 0. The van der Waals surface area contributed by atoms with Gasteiger partial charge in [-0.15, -0.1) is 0 Å². The number of nitrogens with zero attached hydrogens (tertiary/aromatic N) is 2. The topological polar surface area (TPSA) is 53.6 Å². The van der Waals surface area contributed by atoms with Gasteiger partial charge < -0.3 is 11.1 Å². The first-order valence-electron chi connectivity index (χ1n) is 8.94. The first kappa shape index (κ1) is 16.6. The van der Waals surface area contributed by atoms with Crippen LogP contribution in [0.25, 0.3) is 0 Å². The zero-order valence-electron chi connectivity index (χ0n) is 14.0. The molecule has 0 radical (unpaired) electrons. The summed E-state index contributed by atoms with van der Waals surface area (Å²) in [5.74, 6) is 2.10. The van der Waals surface area contributed by atoms with Gasteiger partial charge in [0.05, 0.1) is 6.54 Å². The molecule has 4 heteroatoms. The van der Waals surface area contributed by atoms with Crippen molar-refractivity contribution in [3.8, 4) is 0 Å². The van der Waals surface area contributed by atoms with Crippen LogP contribution >= 0.6 is 0 Å². The lowest BCUT2D eigenvalue weighted by Crippen LogP contribution is -2.43. The van der Waals surface area contributed by atoms with Gasteiger partial charge in [-0.25, -0.2) is 0 Å². The molecule has 1 heterocycles. The predicted octanol–water partition coefficient (Wildman–Crippen LogP) is 2.59. The number of hydrogen-bond donors (Lipinski definition) is 2. The van der Waals surface area contributed by atoms with Gasteiger partial charge in [0, 0.05) is 12.6 Å². The van der Waals surface area contributed by atoms with E-state index >= 15 is 0 Å². The van der Waals surface area contributed by atoms with Gasteiger partial charge in [0.2, 0.25) is 0 Å². The molecule has 3 N–H and O–H groups in total. The Hall–Kier alpha value is -0.770. The molecule has 1 saturated carbocycles. The van der Waals surface area contributed by atoms with Crippen LogP contribution in [0.15, 0.2) is 4.99 Å². The molecule has 2 aliphatic rings. The summed E-state index contributed by atoms with van der Waals surface area (Å²) in [4.78, 5) is 7.26. The van der Waals surface area contributed by atoms with Gasteiger partial charge in [0.15, 0.2) is 5.96 Å². The van der Waals surface area contributed by atoms with Crippen LogP contribution in [0.2, 0.25) is 0 Å². The van der Waals surface area contributed by atoms with E-state index in [0.29, 0.717) is 17.9 Å². The molecule has 1 atom stereocenters. The van der Waals surface area contributed by atoms with E-state index in [1.807, 2.05) is 0 Å². The quantitative estimate of drug-likeness (QED) is 0.585. The second-order valence-electron chi connectivity index (χ2n) is 7.17. The van der Waals surface area contributed by atoms with Gasteiger partial charge in [-0.1, -0.05) is 33.1 Å². The Bertz CT molecular complexity index is 315. The SMILES string of the molecule is CC(C)C(CN=C(N)NCC1CCC1)N1CCCCCC1. The number of hydrogen-bond acceptors (Lipinski definition) is 2. The van der Waals surface area contributed by atoms with Crippen molar-refractivity contribution in [1.29, 1.82) is 0 Å². The molecule has 1 unspecified atom stereocenters. The third-order valence-corrected chi connectivity index (χ3v) is 5.12. The number of aliphatic imine (C=N–C) groups is 1. The maximum absolute atomic E-state index is 6.03. The highest BCUT2D eigenvalue weighted by atomic mass is 15.2. The van der Waals surface area contributed by atoms with Crippen molar-refractivity contribution in [1.82, 2.24) is 10.2 Å². The van der Waals surface area contributed by atoms with Crippen molar-refractivity contribution < 1.29 is 0 Å². The molecule has 1 saturated heterocycles. The summed E-state index contributed by atoms with van der Waals surface area (Å²) in [6, 6.07) is 0.534. The van der Waals surface area contributed by atoms with Crippen molar-refractivity contribution in [2.45, 2.75) is 64.8 Å². The van der Waals surface area contributed by atoms with E-state index < -0.39 is 0 Å². The van der Waals surface area contributed by atoms with Gasteiger partial charge in [0.25, 0.3) is 0 Å². The molecule has 122 valence electrons. The Morgan fingerprint density at radius 1 is 1.14 bits per heavy atom. The molecule has 0 aromatic heterocycles. The number of nitrogens with two attached hydrogens (primary N) is 1. The zero-order chi connectivity index (χ0) is 15.1. The predicted molar refractivity (Wildman–Crippen MR) is 90.5 cm³/mol. The summed E-state index contributed by atoms with van der Waals surface area (Å²) >= 11 is 0. The minimum Gasteiger partial charge on any atom is -0.370 e. The molecule has 1 aliphatic heterocycles. The summed E-state index contributed by atoms with van der Waals surface area (Å²) in [6.45, 7) is 8.92. The van der Waals surface area contributed by atoms with E-state index in [2.05, 4.69) is 29.1 Å². The summed E-state index contributed by atoms with van der Waals surface area (Å²) in [5.41, 5.74) is 6.03. The van der Waals surface area contributed by atoms with E-state index in [-0.39, 0.29) is 0 Å². The Morgan fingerprint density at radius 2 is 1.81 bits per heavy atom. The van der Waals surface area contributed by atoms with Gasteiger partial charge in [0.1, 0.15) is 0 Å². The molecule has 0 bridgehead atoms. The largest absolute Gasteiger partial charge is 0.370 e. The van der Waals surface area contributed by atoms with Crippen LogP contribution in [-0.2, 0) is 0 Å². The van der Waals surface area contributed by atoms with Crippen molar-refractivity contribution in [3.05, 3.63) is 0 Å². The Morgan fingerprint density at radius 3 is 2.33 bits per heavy atom. The number of rotatable bonds is 6. The average molecular weight is 294 g/mol. The molecule has 0 aromatic carbocycles. The second kappa shape index (κ2) is 8.62. The minimum absolute atomic E-state index is 0.534. The third-order valence-electron chi connectivity index (χ3n) is 5.12. The summed E-state index contributed by atoms with van der Waals surface area (Å²) in [5, 5.41) is 3.30. The highest BCUT2D eigenvalue weighted by Gasteiger charge is 2.22. The molecule has 0 spiro atoms. The van der Waals surface area contributed by atoms with Crippen LogP contribution in [0.1, 0.15) is 58.8 Å². The lowest BCUT2D eigenvalue weighted by Gasteiger charge is -2.32. The van der Waals surface area contributed by atoms with Crippen molar-refractivity contribution in [2.24, 2.45) is 22.6 Å². The molecular formula is C17H34N4. The second-order valence-corrected chi connectivity index (χ2v) is 7.17. The van der Waals surface area contributed by atoms with Gasteiger partial charge >= 0.3 is 0 Å². The molecule has 0 amide bonds. The van der Waals surface area contributed by atoms with Crippen molar-refractivity contribution in [3.63, 3.8) is 0 Å². The average Bonchev–Trinajstić information content (AvgIpc) is 2.66. The molecule has 1 aliphatic carbocycles. The zero-order valence-corrected chi connectivity index (χ0v) is 14.0. The highest BCUT2D eigenvalue weighted by molar-refractivity contribution is 5.77. The monoisotopic (exact) mass is 294 g/mol. The van der Waals surface area contributed by atoms with Gasteiger partial charge in [-0.2, -0.15) is 0 Å². The lowest BCUT2D eigenvalue weighted by atomic mass is 9.85. The van der Waals surface area contributed by atoms with Gasteiger partial charge in [-0.05, 0) is 50.6 Å². The summed E-state index contributed by atoms with van der Waals surface area (Å²) in [6.07, 6.45) is 9.52. The van der Waals surface area contributed by atoms with E-state index in [4.69, 9.17) is 5.73 Å². The normalized spacial score (nSPS) is 23.7. The maximum Gasteiger partial charge on any atom is 0.188 e. The fraction of sp³-hybridized carbons (Fsp3) is 0.941. The fourth-order valence-electron chi connectivity index (χ4n) is 3.37. The molecule has 2 rings (SSSR count). The standard InChI is InChI=1S/C17H34N4/c1-14(2)16(21-10-5-3-4-6-11-21)13-20-17(18)19-12-15-8-7-9-15/h14-16H,3-13H2,1-2H3,(H3,18,19,20). The Kier molecular flexibility index (Phi) is 6.81. The van der Waals surface area contributed by atoms with E-state index in [0.717, 1.165) is 19.0 Å². The number of guanidine groups is 1. The van der Waals surface area contributed by atoms with E-state index in [1.165, 1.54) is 58.0 Å². The fourth-order valence-corrected chi connectivity index (χ4v) is 3.37. The van der Waals surface area contributed by atoms with Crippen molar-refractivity contribution in [2.75, 3.05) is 26.2 Å². The van der Waals surface area contributed by atoms with E-state index in [9.17, 15) is 0 Å². The molecule has 0 aromatic rings. The molecule has 4 nitrogen and oxygen atoms in total. The highest BCUT2D eigenvalue weighted by Crippen LogP contribution is 2.25. The first-order valence-corrected chi connectivity index (χ1v) is 8.94. The minimum atomic E-state index is 0.534. The van der Waals surface area contributed by atoms with Crippen LogP contribution < -0.4 is 11.1 Å². The van der Waals surface area contributed by atoms with Crippen LogP contribution in [0, 0.1) is 11.8 Å².